The molecule has 0 heterocycles. The van der Waals surface area contributed by atoms with E-state index in [1.54, 1.807) is 36.2 Å². The summed E-state index contributed by atoms with van der Waals surface area (Å²) < 4.78 is 0. The summed E-state index contributed by atoms with van der Waals surface area (Å²) in [6, 6.07) is 20.9. The van der Waals surface area contributed by atoms with Gasteiger partial charge in [-0.25, -0.2) is 0 Å². The van der Waals surface area contributed by atoms with Gasteiger partial charge in [0.1, 0.15) is 0 Å². The molecule has 25 heavy (non-hydrogen) atoms. The average molecular weight is 332 g/mol. The highest BCUT2D eigenvalue weighted by Gasteiger charge is 2.12. The summed E-state index contributed by atoms with van der Waals surface area (Å²) in [6.07, 6.45) is 0.781. The van der Waals surface area contributed by atoms with Gasteiger partial charge in [-0.2, -0.15) is 0 Å². The predicted octanol–water partition coefficient (Wildman–Crippen LogP) is 3.25. The molecular weight excluding hydrogens is 312 g/mol. The minimum absolute atomic E-state index is 0.0729. The Labute approximate surface area is 146 Å². The molecule has 4 nitrogen and oxygen atoms in total. The third-order valence-corrected chi connectivity index (χ3v) is 4.36. The minimum atomic E-state index is -0.497. The molecule has 0 aliphatic rings. The van der Waals surface area contributed by atoms with Gasteiger partial charge in [-0.15, -0.1) is 0 Å². The maximum Gasteiger partial charge on any atom is 0.253 e. The topological polar surface area (TPSA) is 63.4 Å². The summed E-state index contributed by atoms with van der Waals surface area (Å²) in [5.74, 6) is -0.570. The zero-order valence-corrected chi connectivity index (χ0v) is 14.1. The zero-order valence-electron chi connectivity index (χ0n) is 14.1. The second kappa shape index (κ2) is 7.18. The van der Waals surface area contributed by atoms with E-state index in [0.717, 1.165) is 6.42 Å². The first-order valence-electron chi connectivity index (χ1n) is 8.18. The summed E-state index contributed by atoms with van der Waals surface area (Å²) in [7, 11) is 1.79. The van der Waals surface area contributed by atoms with Crippen molar-refractivity contribution in [2.75, 3.05) is 13.6 Å². The van der Waals surface area contributed by atoms with Gasteiger partial charge in [-0.1, -0.05) is 42.5 Å². The fraction of sp³-hybridized carbons (Fsp3) is 0.143. The standard InChI is InChI=1S/C21H20N2O2/c1-23(21(25)18-11-9-17(10-12-18)20(22)24)14-13-16-7-4-6-15-5-2-3-8-19(15)16/h2-12H,13-14H2,1H3,(H2,22,24). The van der Waals surface area contributed by atoms with Crippen LogP contribution in [0.25, 0.3) is 10.8 Å². The largest absolute Gasteiger partial charge is 0.366 e. The molecule has 0 atom stereocenters. The highest BCUT2D eigenvalue weighted by molar-refractivity contribution is 5.97. The van der Waals surface area contributed by atoms with Crippen molar-refractivity contribution in [2.45, 2.75) is 6.42 Å². The third-order valence-electron chi connectivity index (χ3n) is 4.36. The van der Waals surface area contributed by atoms with E-state index in [0.29, 0.717) is 17.7 Å². The normalized spacial score (nSPS) is 10.6. The number of nitrogens with two attached hydrogens (primary N) is 1. The number of benzene rings is 3. The van der Waals surface area contributed by atoms with Crippen LogP contribution in [0, 0.1) is 0 Å². The molecule has 4 heteroatoms. The maximum absolute atomic E-state index is 12.5. The van der Waals surface area contributed by atoms with Crippen molar-refractivity contribution in [2.24, 2.45) is 5.73 Å². The fourth-order valence-corrected chi connectivity index (χ4v) is 2.90. The second-order valence-electron chi connectivity index (χ2n) is 6.06. The number of carbonyl (C=O) groups excluding carboxylic acids is 2. The number of hydrogen-bond acceptors (Lipinski definition) is 2. The van der Waals surface area contributed by atoms with E-state index in [4.69, 9.17) is 5.73 Å². The molecule has 0 saturated heterocycles. The van der Waals surface area contributed by atoms with E-state index in [9.17, 15) is 9.59 Å². The quantitative estimate of drug-likeness (QED) is 0.779. The van der Waals surface area contributed by atoms with E-state index in [1.807, 2.05) is 18.2 Å². The molecule has 0 aliphatic heterocycles. The van der Waals surface area contributed by atoms with E-state index in [1.165, 1.54) is 16.3 Å². The Balaban J connectivity index is 1.70. The molecule has 3 aromatic rings. The summed E-state index contributed by atoms with van der Waals surface area (Å²) in [6.45, 7) is 0.615. The van der Waals surface area contributed by atoms with Crippen molar-refractivity contribution >= 4 is 22.6 Å². The molecule has 2 N–H and O–H groups in total. The van der Waals surface area contributed by atoms with Crippen LogP contribution >= 0.6 is 0 Å². The summed E-state index contributed by atoms with van der Waals surface area (Å²) in [5.41, 5.74) is 7.39. The van der Waals surface area contributed by atoms with E-state index < -0.39 is 5.91 Å². The van der Waals surface area contributed by atoms with Gasteiger partial charge in [0.05, 0.1) is 0 Å². The molecule has 0 aliphatic carbocycles. The lowest BCUT2D eigenvalue weighted by atomic mass is 10.0. The van der Waals surface area contributed by atoms with Crippen LogP contribution in [0.1, 0.15) is 26.3 Å². The van der Waals surface area contributed by atoms with Crippen LogP contribution in [-0.2, 0) is 6.42 Å². The molecule has 0 radical (unpaired) electrons. The molecule has 0 fully saturated rings. The van der Waals surface area contributed by atoms with Gasteiger partial charge >= 0.3 is 0 Å². The molecule has 0 aromatic heterocycles. The highest BCUT2D eigenvalue weighted by atomic mass is 16.2. The summed E-state index contributed by atoms with van der Waals surface area (Å²) in [5, 5.41) is 2.42. The first-order chi connectivity index (χ1) is 12.1. The third kappa shape index (κ3) is 3.69. The van der Waals surface area contributed by atoms with Gasteiger partial charge in [-0.3, -0.25) is 9.59 Å². The molecule has 2 amide bonds. The Bertz CT molecular complexity index is 911. The van der Waals surface area contributed by atoms with E-state index in [2.05, 4.69) is 24.3 Å². The number of rotatable bonds is 5. The molecule has 0 unspecified atom stereocenters. The van der Waals surface area contributed by atoms with Gasteiger partial charge in [0.25, 0.3) is 5.91 Å². The van der Waals surface area contributed by atoms with Crippen molar-refractivity contribution in [1.82, 2.24) is 4.90 Å². The molecule has 0 spiro atoms. The van der Waals surface area contributed by atoms with E-state index in [-0.39, 0.29) is 5.91 Å². The molecule has 3 rings (SSSR count). The van der Waals surface area contributed by atoms with Gasteiger partial charge in [0.15, 0.2) is 0 Å². The van der Waals surface area contributed by atoms with Crippen LogP contribution in [0.3, 0.4) is 0 Å². The molecule has 3 aromatic carbocycles. The lowest BCUT2D eigenvalue weighted by Crippen LogP contribution is -2.29. The van der Waals surface area contributed by atoms with Crippen LogP contribution in [0.4, 0.5) is 0 Å². The first kappa shape index (κ1) is 16.7. The van der Waals surface area contributed by atoms with Crippen LogP contribution in [-0.4, -0.2) is 30.3 Å². The molecular formula is C21H20N2O2. The second-order valence-corrected chi connectivity index (χ2v) is 6.06. The monoisotopic (exact) mass is 332 g/mol. The van der Waals surface area contributed by atoms with Crippen LogP contribution < -0.4 is 5.73 Å². The van der Waals surface area contributed by atoms with Crippen LogP contribution in [0.5, 0.6) is 0 Å². The fourth-order valence-electron chi connectivity index (χ4n) is 2.90. The SMILES string of the molecule is CN(CCc1cccc2ccccc12)C(=O)c1ccc(C(N)=O)cc1. The van der Waals surface area contributed by atoms with Gasteiger partial charge in [0, 0.05) is 24.7 Å². The lowest BCUT2D eigenvalue weighted by molar-refractivity contribution is 0.0796. The minimum Gasteiger partial charge on any atom is -0.366 e. The summed E-state index contributed by atoms with van der Waals surface area (Å²) in [4.78, 5) is 25.3. The Morgan fingerprint density at radius 1 is 0.880 bits per heavy atom. The van der Waals surface area contributed by atoms with Crippen molar-refractivity contribution in [3.8, 4) is 0 Å². The lowest BCUT2D eigenvalue weighted by Gasteiger charge is -2.18. The number of amides is 2. The zero-order chi connectivity index (χ0) is 17.8. The molecule has 126 valence electrons. The van der Waals surface area contributed by atoms with Crippen LogP contribution in [0.2, 0.25) is 0 Å². The van der Waals surface area contributed by atoms with Crippen molar-refractivity contribution < 1.29 is 9.59 Å². The molecule has 0 saturated carbocycles. The number of likely N-dealkylation sites (N-methyl/N-ethyl adjacent to an activating group) is 1. The number of fused-ring (bicyclic) bond motifs is 1. The Morgan fingerprint density at radius 3 is 2.24 bits per heavy atom. The van der Waals surface area contributed by atoms with Crippen molar-refractivity contribution in [3.63, 3.8) is 0 Å². The van der Waals surface area contributed by atoms with Gasteiger partial charge < -0.3 is 10.6 Å². The molecule has 0 bridgehead atoms. The predicted molar refractivity (Wildman–Crippen MR) is 99.6 cm³/mol. The Morgan fingerprint density at radius 2 is 1.52 bits per heavy atom. The van der Waals surface area contributed by atoms with E-state index >= 15 is 0 Å². The van der Waals surface area contributed by atoms with Crippen molar-refractivity contribution in [1.29, 1.82) is 0 Å². The first-order valence-corrected chi connectivity index (χ1v) is 8.18. The van der Waals surface area contributed by atoms with Gasteiger partial charge in [0.2, 0.25) is 5.91 Å². The summed E-state index contributed by atoms with van der Waals surface area (Å²) >= 11 is 0. The van der Waals surface area contributed by atoms with Crippen molar-refractivity contribution in [3.05, 3.63) is 83.4 Å². The number of hydrogen-bond donors (Lipinski definition) is 1. The van der Waals surface area contributed by atoms with Crippen LogP contribution in [0.15, 0.2) is 66.7 Å². The maximum atomic E-state index is 12.5. The van der Waals surface area contributed by atoms with Gasteiger partial charge in [-0.05, 0) is 47.0 Å². The Kier molecular flexibility index (Phi) is 4.80. The average Bonchev–Trinajstić information content (AvgIpc) is 2.65. The smallest absolute Gasteiger partial charge is 0.253 e. The number of primary amides is 1. The highest BCUT2D eigenvalue weighted by Crippen LogP contribution is 2.19. The number of nitrogens with zero attached hydrogens (tertiary/aromatic N) is 1. The Hall–Kier alpha value is -3.14. The number of carbonyl (C=O) groups is 2.